The molecule has 0 aliphatic heterocycles. The Morgan fingerprint density at radius 3 is 2.43 bits per heavy atom. The van der Waals surface area contributed by atoms with Crippen molar-refractivity contribution in [2.24, 2.45) is 0 Å². The van der Waals surface area contributed by atoms with Crippen molar-refractivity contribution in [3.05, 3.63) is 95.4 Å². The average Bonchev–Trinajstić information content (AvgIpc) is 3.04. The minimum Gasteiger partial charge on any atom is -0.472 e. The lowest BCUT2D eigenvalue weighted by atomic mass is 9.95. The van der Waals surface area contributed by atoms with E-state index in [0.717, 1.165) is 12.1 Å². The molecule has 0 radical (unpaired) electrons. The fourth-order valence-electron chi connectivity index (χ4n) is 2.58. The molecule has 106 valence electrons. The first-order valence-corrected chi connectivity index (χ1v) is 7.19. The van der Waals surface area contributed by atoms with Crippen molar-refractivity contribution in [3.63, 3.8) is 0 Å². The summed E-state index contributed by atoms with van der Waals surface area (Å²) in [7, 11) is 0. The lowest BCUT2D eigenvalue weighted by Gasteiger charge is -2.21. The van der Waals surface area contributed by atoms with E-state index in [9.17, 15) is 0 Å². The fraction of sp³-hybridized carbons (Fsp3) is 0.158. The molecule has 21 heavy (non-hydrogen) atoms. The zero-order chi connectivity index (χ0) is 14.5. The minimum absolute atomic E-state index is 0.183. The van der Waals surface area contributed by atoms with Crippen LogP contribution < -0.4 is 5.32 Å². The first-order chi connectivity index (χ1) is 10.3. The molecule has 1 atom stereocenters. The number of hydrogen-bond donors (Lipinski definition) is 1. The van der Waals surface area contributed by atoms with Gasteiger partial charge in [-0.1, -0.05) is 54.6 Å². The van der Waals surface area contributed by atoms with Gasteiger partial charge in [-0.25, -0.2) is 0 Å². The molecule has 2 nitrogen and oxygen atoms in total. The summed E-state index contributed by atoms with van der Waals surface area (Å²) in [6, 6.07) is 21.2. The summed E-state index contributed by atoms with van der Waals surface area (Å²) in [5, 5.41) is 3.64. The van der Waals surface area contributed by atoms with Crippen LogP contribution in [0.1, 0.15) is 28.3 Å². The highest BCUT2D eigenvalue weighted by Crippen LogP contribution is 2.25. The fourth-order valence-corrected chi connectivity index (χ4v) is 2.58. The van der Waals surface area contributed by atoms with Crippen molar-refractivity contribution >= 4 is 0 Å². The Labute approximate surface area is 125 Å². The highest BCUT2D eigenvalue weighted by atomic mass is 16.3. The maximum absolute atomic E-state index is 5.14. The Morgan fingerprint density at radius 2 is 1.71 bits per heavy atom. The molecule has 2 aromatic carbocycles. The van der Waals surface area contributed by atoms with E-state index in [1.54, 1.807) is 12.5 Å². The summed E-state index contributed by atoms with van der Waals surface area (Å²) in [5.74, 6) is 0. The smallest absolute Gasteiger partial charge is 0.0947 e. The van der Waals surface area contributed by atoms with Crippen LogP contribution in [-0.2, 0) is 6.54 Å². The summed E-state index contributed by atoms with van der Waals surface area (Å²) in [6.45, 7) is 2.94. The normalized spacial score (nSPS) is 12.2. The molecule has 0 aliphatic rings. The third kappa shape index (κ3) is 3.23. The SMILES string of the molecule is Cc1ccccc1C(NCc1ccoc1)c1ccccc1. The second-order valence-electron chi connectivity index (χ2n) is 5.21. The van der Waals surface area contributed by atoms with Crippen molar-refractivity contribution in [2.75, 3.05) is 0 Å². The number of hydrogen-bond acceptors (Lipinski definition) is 2. The van der Waals surface area contributed by atoms with Crippen molar-refractivity contribution in [3.8, 4) is 0 Å². The minimum atomic E-state index is 0.183. The zero-order valence-electron chi connectivity index (χ0n) is 12.1. The first-order valence-electron chi connectivity index (χ1n) is 7.19. The second-order valence-corrected chi connectivity index (χ2v) is 5.21. The van der Waals surface area contributed by atoms with E-state index >= 15 is 0 Å². The summed E-state index contributed by atoms with van der Waals surface area (Å²) in [6.07, 6.45) is 3.50. The second kappa shape index (κ2) is 6.42. The van der Waals surface area contributed by atoms with E-state index in [2.05, 4.69) is 66.8 Å². The van der Waals surface area contributed by atoms with Crippen LogP contribution in [-0.4, -0.2) is 0 Å². The van der Waals surface area contributed by atoms with E-state index < -0.39 is 0 Å². The van der Waals surface area contributed by atoms with Crippen molar-refractivity contribution in [1.82, 2.24) is 5.32 Å². The van der Waals surface area contributed by atoms with E-state index in [1.807, 2.05) is 6.07 Å². The topological polar surface area (TPSA) is 25.2 Å². The molecule has 2 heteroatoms. The molecule has 3 rings (SSSR count). The van der Waals surface area contributed by atoms with Crippen LogP contribution in [0.3, 0.4) is 0 Å². The molecule has 0 amide bonds. The third-order valence-corrected chi connectivity index (χ3v) is 3.72. The lowest BCUT2D eigenvalue weighted by molar-refractivity contribution is 0.554. The molecule has 0 aliphatic carbocycles. The van der Waals surface area contributed by atoms with Gasteiger partial charge < -0.3 is 9.73 Å². The Balaban J connectivity index is 1.90. The summed E-state index contributed by atoms with van der Waals surface area (Å²) < 4.78 is 5.14. The molecule has 0 bridgehead atoms. The molecule has 3 aromatic rings. The van der Waals surface area contributed by atoms with Gasteiger partial charge in [0.25, 0.3) is 0 Å². The highest BCUT2D eigenvalue weighted by Gasteiger charge is 2.15. The summed E-state index contributed by atoms with van der Waals surface area (Å²) in [4.78, 5) is 0. The van der Waals surface area contributed by atoms with Crippen molar-refractivity contribution in [2.45, 2.75) is 19.5 Å². The van der Waals surface area contributed by atoms with E-state index in [4.69, 9.17) is 4.42 Å². The largest absolute Gasteiger partial charge is 0.472 e. The highest BCUT2D eigenvalue weighted by molar-refractivity contribution is 5.36. The Bertz CT molecular complexity index is 674. The van der Waals surface area contributed by atoms with Gasteiger partial charge in [0, 0.05) is 12.1 Å². The van der Waals surface area contributed by atoms with Gasteiger partial charge in [-0.05, 0) is 29.7 Å². The Kier molecular flexibility index (Phi) is 4.17. The van der Waals surface area contributed by atoms with Crippen molar-refractivity contribution < 1.29 is 4.42 Å². The number of aryl methyl sites for hydroxylation is 1. The number of nitrogens with one attached hydrogen (secondary N) is 1. The number of benzene rings is 2. The molecule has 1 N–H and O–H groups in total. The Morgan fingerprint density at radius 1 is 0.952 bits per heavy atom. The van der Waals surface area contributed by atoms with E-state index in [1.165, 1.54) is 16.7 Å². The van der Waals surface area contributed by atoms with Crippen LogP contribution in [0.4, 0.5) is 0 Å². The third-order valence-electron chi connectivity index (χ3n) is 3.72. The van der Waals surface area contributed by atoms with Crippen molar-refractivity contribution in [1.29, 1.82) is 0 Å². The molecular weight excluding hydrogens is 258 g/mol. The summed E-state index contributed by atoms with van der Waals surface area (Å²) in [5.41, 5.74) is 5.04. The molecule has 0 spiro atoms. The zero-order valence-corrected chi connectivity index (χ0v) is 12.1. The maximum Gasteiger partial charge on any atom is 0.0947 e. The van der Waals surface area contributed by atoms with Gasteiger partial charge in [-0.15, -0.1) is 0 Å². The molecule has 0 saturated heterocycles. The van der Waals surface area contributed by atoms with Gasteiger partial charge >= 0.3 is 0 Å². The van der Waals surface area contributed by atoms with Crippen LogP contribution >= 0.6 is 0 Å². The lowest BCUT2D eigenvalue weighted by Crippen LogP contribution is -2.22. The average molecular weight is 277 g/mol. The van der Waals surface area contributed by atoms with Gasteiger partial charge in [0.15, 0.2) is 0 Å². The molecule has 0 saturated carbocycles. The standard InChI is InChI=1S/C19H19NO/c1-15-7-5-6-10-18(15)19(17-8-3-2-4-9-17)20-13-16-11-12-21-14-16/h2-12,14,19-20H,13H2,1H3. The quantitative estimate of drug-likeness (QED) is 0.744. The van der Waals surface area contributed by atoms with Gasteiger partial charge in [0.1, 0.15) is 0 Å². The van der Waals surface area contributed by atoms with Crippen LogP contribution in [0.2, 0.25) is 0 Å². The van der Waals surface area contributed by atoms with Gasteiger partial charge in [-0.2, -0.15) is 0 Å². The molecule has 0 fully saturated rings. The monoisotopic (exact) mass is 277 g/mol. The number of rotatable bonds is 5. The first kappa shape index (κ1) is 13.7. The van der Waals surface area contributed by atoms with Crippen LogP contribution in [0, 0.1) is 6.92 Å². The van der Waals surface area contributed by atoms with Crippen LogP contribution in [0.15, 0.2) is 77.6 Å². The van der Waals surface area contributed by atoms with Gasteiger partial charge in [0.2, 0.25) is 0 Å². The number of furan rings is 1. The molecule has 1 unspecified atom stereocenters. The molecular formula is C19H19NO. The van der Waals surface area contributed by atoms with Crippen LogP contribution in [0.5, 0.6) is 0 Å². The van der Waals surface area contributed by atoms with E-state index in [-0.39, 0.29) is 6.04 Å². The Hall–Kier alpha value is -2.32. The predicted molar refractivity (Wildman–Crippen MR) is 85.0 cm³/mol. The predicted octanol–water partition coefficient (Wildman–Crippen LogP) is 4.47. The maximum atomic E-state index is 5.14. The molecule has 1 aromatic heterocycles. The van der Waals surface area contributed by atoms with Gasteiger partial charge in [-0.3, -0.25) is 0 Å². The molecule has 1 heterocycles. The summed E-state index contributed by atoms with van der Waals surface area (Å²) >= 11 is 0. The van der Waals surface area contributed by atoms with Gasteiger partial charge in [0.05, 0.1) is 18.6 Å². The van der Waals surface area contributed by atoms with E-state index in [0.29, 0.717) is 0 Å². The van der Waals surface area contributed by atoms with Crippen LogP contribution in [0.25, 0.3) is 0 Å².